The van der Waals surface area contributed by atoms with Crippen LogP contribution < -0.4 is 5.32 Å². The molecule has 0 bridgehead atoms. The van der Waals surface area contributed by atoms with Crippen LogP contribution in [-0.4, -0.2) is 25.4 Å². The van der Waals surface area contributed by atoms with Gasteiger partial charge in [0.05, 0.1) is 11.8 Å². The van der Waals surface area contributed by atoms with Gasteiger partial charge in [-0.3, -0.25) is 5.32 Å². The fourth-order valence-electron chi connectivity index (χ4n) is 4.03. The number of hydrogen-bond donors (Lipinski definition) is 1. The van der Waals surface area contributed by atoms with Crippen molar-refractivity contribution in [3.63, 3.8) is 0 Å². The summed E-state index contributed by atoms with van der Waals surface area (Å²) in [5.74, 6) is 0. The van der Waals surface area contributed by atoms with E-state index < -0.39 is 0 Å². The van der Waals surface area contributed by atoms with E-state index in [4.69, 9.17) is 9.47 Å². The summed E-state index contributed by atoms with van der Waals surface area (Å²) in [5.41, 5.74) is 6.52. The molecule has 3 rings (SSSR count). The van der Waals surface area contributed by atoms with Gasteiger partial charge in [-0.1, -0.05) is 13.0 Å². The SMILES string of the molecule is CCC(OC)C(C)OC(=O)Nc1c2c(cc3c1CCC3)CCC2. The highest BCUT2D eigenvalue weighted by molar-refractivity contribution is 5.88. The number of carbonyl (C=O) groups excluding carboxylic acids is 1. The van der Waals surface area contributed by atoms with E-state index in [1.54, 1.807) is 7.11 Å². The quantitative estimate of drug-likeness (QED) is 0.892. The standard InChI is InChI=1S/C19H27NO3/c1-4-17(22-3)12(2)23-19(21)20-18-15-9-5-7-13(15)11-14-8-6-10-16(14)18/h11-12,17H,4-10H2,1-3H3,(H,20,21). The van der Waals surface area contributed by atoms with Gasteiger partial charge < -0.3 is 9.47 Å². The van der Waals surface area contributed by atoms with Crippen LogP contribution in [0.2, 0.25) is 0 Å². The van der Waals surface area contributed by atoms with E-state index in [9.17, 15) is 4.79 Å². The third-order valence-corrected chi connectivity index (χ3v) is 5.22. The van der Waals surface area contributed by atoms with Crippen molar-refractivity contribution < 1.29 is 14.3 Å². The molecular formula is C19H27NO3. The molecule has 1 aromatic carbocycles. The molecule has 0 heterocycles. The Hall–Kier alpha value is -1.55. The van der Waals surface area contributed by atoms with Crippen molar-refractivity contribution in [2.24, 2.45) is 0 Å². The molecule has 23 heavy (non-hydrogen) atoms. The van der Waals surface area contributed by atoms with Crippen LogP contribution in [0.15, 0.2) is 6.07 Å². The summed E-state index contributed by atoms with van der Waals surface area (Å²) in [7, 11) is 1.66. The minimum Gasteiger partial charge on any atom is -0.444 e. The maximum Gasteiger partial charge on any atom is 0.411 e. The first-order valence-corrected chi connectivity index (χ1v) is 8.81. The van der Waals surface area contributed by atoms with E-state index in [0.29, 0.717) is 0 Å². The summed E-state index contributed by atoms with van der Waals surface area (Å²) in [5, 5.41) is 3.06. The molecule has 2 aliphatic rings. The predicted octanol–water partition coefficient (Wildman–Crippen LogP) is 4.03. The zero-order valence-electron chi connectivity index (χ0n) is 14.4. The van der Waals surface area contributed by atoms with Gasteiger partial charge in [0, 0.05) is 7.11 Å². The molecule has 4 nitrogen and oxygen atoms in total. The molecule has 2 atom stereocenters. The minimum absolute atomic E-state index is 0.0621. The van der Waals surface area contributed by atoms with Gasteiger partial charge in [0.2, 0.25) is 0 Å². The number of ether oxygens (including phenoxy) is 2. The molecule has 1 aromatic rings. The van der Waals surface area contributed by atoms with Gasteiger partial charge in [0.25, 0.3) is 0 Å². The first kappa shape index (κ1) is 16.3. The lowest BCUT2D eigenvalue weighted by Gasteiger charge is -2.22. The number of anilines is 1. The molecule has 0 saturated heterocycles. The molecule has 0 fully saturated rings. The summed E-state index contributed by atoms with van der Waals surface area (Å²) in [6.45, 7) is 3.92. The van der Waals surface area contributed by atoms with Gasteiger partial charge in [-0.2, -0.15) is 0 Å². The number of rotatable bonds is 5. The Morgan fingerprint density at radius 2 is 1.78 bits per heavy atom. The second-order valence-electron chi connectivity index (χ2n) is 6.65. The molecule has 4 heteroatoms. The molecule has 2 unspecified atom stereocenters. The van der Waals surface area contributed by atoms with Crippen LogP contribution in [0.1, 0.15) is 55.4 Å². The first-order valence-electron chi connectivity index (χ1n) is 8.81. The Bertz CT molecular complexity index is 561. The molecule has 0 radical (unpaired) electrons. The number of hydrogen-bond acceptors (Lipinski definition) is 3. The Labute approximate surface area is 138 Å². The topological polar surface area (TPSA) is 47.6 Å². The van der Waals surface area contributed by atoms with Gasteiger partial charge in [-0.05, 0) is 74.1 Å². The number of fused-ring (bicyclic) bond motifs is 2. The smallest absolute Gasteiger partial charge is 0.411 e. The number of aryl methyl sites for hydroxylation is 2. The van der Waals surface area contributed by atoms with Crippen molar-refractivity contribution in [2.75, 3.05) is 12.4 Å². The Morgan fingerprint density at radius 3 is 2.30 bits per heavy atom. The van der Waals surface area contributed by atoms with Crippen LogP contribution in [0.4, 0.5) is 10.5 Å². The van der Waals surface area contributed by atoms with Crippen LogP contribution in [0.3, 0.4) is 0 Å². The third-order valence-electron chi connectivity index (χ3n) is 5.22. The second-order valence-corrected chi connectivity index (χ2v) is 6.65. The largest absolute Gasteiger partial charge is 0.444 e. The summed E-state index contributed by atoms with van der Waals surface area (Å²) in [4.78, 5) is 12.4. The average molecular weight is 317 g/mol. The highest BCUT2D eigenvalue weighted by atomic mass is 16.6. The highest BCUT2D eigenvalue weighted by Crippen LogP contribution is 2.38. The molecule has 0 spiro atoms. The molecule has 0 saturated carbocycles. The summed E-state index contributed by atoms with van der Waals surface area (Å²) in [6, 6.07) is 2.36. The molecule has 2 aliphatic carbocycles. The van der Waals surface area contributed by atoms with E-state index in [0.717, 1.165) is 37.8 Å². The van der Waals surface area contributed by atoms with Gasteiger partial charge in [-0.25, -0.2) is 4.79 Å². The highest BCUT2D eigenvalue weighted by Gasteiger charge is 2.26. The lowest BCUT2D eigenvalue weighted by molar-refractivity contribution is -0.0107. The predicted molar refractivity (Wildman–Crippen MR) is 91.1 cm³/mol. The number of methoxy groups -OCH3 is 1. The van der Waals surface area contributed by atoms with E-state index in [-0.39, 0.29) is 18.3 Å². The number of nitrogens with one attached hydrogen (secondary N) is 1. The van der Waals surface area contributed by atoms with Gasteiger partial charge >= 0.3 is 6.09 Å². The molecule has 1 N–H and O–H groups in total. The summed E-state index contributed by atoms with van der Waals surface area (Å²) < 4.78 is 10.9. The fraction of sp³-hybridized carbons (Fsp3) is 0.632. The van der Waals surface area contributed by atoms with Crippen LogP contribution >= 0.6 is 0 Å². The minimum atomic E-state index is -0.359. The molecule has 1 amide bonds. The van der Waals surface area contributed by atoms with Crippen LogP contribution in [0, 0.1) is 0 Å². The summed E-state index contributed by atoms with van der Waals surface area (Å²) in [6.07, 6.45) is 6.88. The zero-order valence-corrected chi connectivity index (χ0v) is 14.4. The van der Waals surface area contributed by atoms with Crippen LogP contribution in [0.25, 0.3) is 0 Å². The van der Waals surface area contributed by atoms with E-state index in [1.807, 2.05) is 13.8 Å². The van der Waals surface area contributed by atoms with Gasteiger partial charge in [-0.15, -0.1) is 0 Å². The molecular weight excluding hydrogens is 290 g/mol. The summed E-state index contributed by atoms with van der Waals surface area (Å²) >= 11 is 0. The van der Waals surface area contributed by atoms with Crippen molar-refractivity contribution in [3.05, 3.63) is 28.3 Å². The molecule has 0 aromatic heterocycles. The normalized spacial score (nSPS) is 18.2. The monoisotopic (exact) mass is 317 g/mol. The first-order chi connectivity index (χ1) is 11.1. The van der Waals surface area contributed by atoms with E-state index in [2.05, 4.69) is 11.4 Å². The van der Waals surface area contributed by atoms with Crippen molar-refractivity contribution in [2.45, 2.75) is 71.0 Å². The molecule has 0 aliphatic heterocycles. The van der Waals surface area contributed by atoms with Crippen molar-refractivity contribution >= 4 is 11.8 Å². The number of carbonyl (C=O) groups is 1. The maximum atomic E-state index is 12.4. The third kappa shape index (κ3) is 3.23. The van der Waals surface area contributed by atoms with E-state index in [1.165, 1.54) is 35.1 Å². The van der Waals surface area contributed by atoms with Crippen LogP contribution in [0.5, 0.6) is 0 Å². The Balaban J connectivity index is 1.77. The molecule has 126 valence electrons. The Kier molecular flexibility index (Phi) is 4.90. The van der Waals surface area contributed by atoms with Gasteiger partial charge in [0.1, 0.15) is 6.10 Å². The van der Waals surface area contributed by atoms with Crippen molar-refractivity contribution in [1.82, 2.24) is 0 Å². The lowest BCUT2D eigenvalue weighted by atomic mass is 9.99. The van der Waals surface area contributed by atoms with Gasteiger partial charge in [0.15, 0.2) is 0 Å². The van der Waals surface area contributed by atoms with E-state index >= 15 is 0 Å². The average Bonchev–Trinajstić information content (AvgIpc) is 3.16. The number of amides is 1. The Morgan fingerprint density at radius 1 is 1.17 bits per heavy atom. The second kappa shape index (κ2) is 6.91. The maximum absolute atomic E-state index is 12.4. The number of benzene rings is 1. The fourth-order valence-corrected chi connectivity index (χ4v) is 4.03. The zero-order chi connectivity index (χ0) is 16.4. The lowest BCUT2D eigenvalue weighted by Crippen LogP contribution is -2.31. The van der Waals surface area contributed by atoms with Crippen molar-refractivity contribution in [3.8, 4) is 0 Å². The van der Waals surface area contributed by atoms with Crippen molar-refractivity contribution in [1.29, 1.82) is 0 Å². The van der Waals surface area contributed by atoms with Crippen LogP contribution in [-0.2, 0) is 35.2 Å².